The Morgan fingerprint density at radius 2 is 1.28 bits per heavy atom. The summed E-state index contributed by atoms with van der Waals surface area (Å²) in [7, 11) is 0. The maximum Gasteiger partial charge on any atom is 0.0676 e. The van der Waals surface area contributed by atoms with Crippen molar-refractivity contribution in [2.75, 3.05) is 0 Å². The van der Waals surface area contributed by atoms with E-state index < -0.39 is 0 Å². The molecule has 0 radical (unpaired) electrons. The fourth-order valence-corrected chi connectivity index (χ4v) is 11.4. The van der Waals surface area contributed by atoms with E-state index in [4.69, 9.17) is 0 Å². The first-order chi connectivity index (χ1) is 28.2. The van der Waals surface area contributed by atoms with Gasteiger partial charge >= 0.3 is 0 Å². The smallest absolute Gasteiger partial charge is 0.0676 e. The first-order valence-electron chi connectivity index (χ1n) is 21.1. The average molecular weight is 734 g/mol. The number of hydrogen-bond acceptors (Lipinski definition) is 0. The van der Waals surface area contributed by atoms with Crippen molar-refractivity contribution < 1.29 is 0 Å². The van der Waals surface area contributed by atoms with Crippen LogP contribution in [0.4, 0.5) is 0 Å². The minimum atomic E-state index is -0.315. The van der Waals surface area contributed by atoms with Gasteiger partial charge in [-0.1, -0.05) is 166 Å². The predicted octanol–water partition coefficient (Wildman–Crippen LogP) is 14.2. The third-order valence-corrected chi connectivity index (χ3v) is 14.0. The molecule has 1 heteroatoms. The number of benzene rings is 6. The maximum atomic E-state index is 2.52. The van der Waals surface area contributed by atoms with Crippen molar-refractivity contribution in [3.05, 3.63) is 225 Å². The fraction of sp³-hybridized carbons (Fsp3) is 0.179. The van der Waals surface area contributed by atoms with Crippen LogP contribution in [0.25, 0.3) is 45.4 Å². The zero-order valence-electron chi connectivity index (χ0n) is 32.9. The lowest BCUT2D eigenvalue weighted by Gasteiger charge is -2.36. The number of nitrogens with zero attached hydrogens (tertiary/aromatic N) is 1. The molecule has 0 saturated carbocycles. The first kappa shape index (κ1) is 34.1. The van der Waals surface area contributed by atoms with Gasteiger partial charge in [0.05, 0.1) is 10.9 Å². The molecule has 1 aromatic heterocycles. The molecule has 0 N–H and O–H groups in total. The molecule has 6 aromatic carbocycles. The summed E-state index contributed by atoms with van der Waals surface area (Å²) >= 11 is 0. The molecule has 7 aromatic rings. The predicted molar refractivity (Wildman–Crippen MR) is 240 cm³/mol. The summed E-state index contributed by atoms with van der Waals surface area (Å²) in [6, 6.07) is 55.1. The monoisotopic (exact) mass is 733 g/mol. The number of fused-ring (bicyclic) bond motifs is 8. The van der Waals surface area contributed by atoms with Crippen molar-refractivity contribution in [2.45, 2.75) is 63.2 Å². The molecule has 4 aliphatic rings. The molecule has 1 heterocycles. The summed E-state index contributed by atoms with van der Waals surface area (Å²) < 4.78 is 2.51. The Balaban J connectivity index is 1.01. The third kappa shape index (κ3) is 4.82. The van der Waals surface area contributed by atoms with Gasteiger partial charge in [-0.15, -0.1) is 0 Å². The van der Waals surface area contributed by atoms with Crippen molar-refractivity contribution in [3.63, 3.8) is 0 Å². The standard InChI is InChI=1S/C56H47N/c1-3-55(4-2)50-36-38(31-34-43(50)44-35-33-42(37-51(44)55)57-52-28-15-12-23-45(52)46-24-13-16-29-53(46)57)30-32-39-18-17-27-49-54(39)47-25-11-14-26-48(47)56(49,40-19-7-5-8-20-40)41-21-9-6-10-22-41/h5-12,14-16,18-23,25-26,28-37H,3-4,13,17,24,27H2,1-2H3/b32-30+. The van der Waals surface area contributed by atoms with Crippen LogP contribution < -0.4 is 0 Å². The molecule has 0 atom stereocenters. The largest absolute Gasteiger partial charge is 0.310 e. The van der Waals surface area contributed by atoms with Gasteiger partial charge in [0.1, 0.15) is 0 Å². The highest BCUT2D eigenvalue weighted by Crippen LogP contribution is 2.59. The molecule has 276 valence electrons. The van der Waals surface area contributed by atoms with Gasteiger partial charge < -0.3 is 4.57 Å². The molecule has 11 rings (SSSR count). The second-order valence-corrected chi connectivity index (χ2v) is 16.4. The van der Waals surface area contributed by atoms with E-state index in [9.17, 15) is 0 Å². The molecule has 1 nitrogen and oxygen atoms in total. The van der Waals surface area contributed by atoms with Crippen molar-refractivity contribution in [2.24, 2.45) is 0 Å². The molecular formula is C56H47N. The molecule has 0 spiro atoms. The Labute approximate surface area is 337 Å². The summed E-state index contributed by atoms with van der Waals surface area (Å²) in [6.07, 6.45) is 18.3. The first-order valence-corrected chi connectivity index (χ1v) is 21.1. The average Bonchev–Trinajstić information content (AvgIpc) is 3.88. The van der Waals surface area contributed by atoms with Gasteiger partial charge in [0.25, 0.3) is 0 Å². The van der Waals surface area contributed by atoms with Crippen molar-refractivity contribution in [1.29, 1.82) is 0 Å². The van der Waals surface area contributed by atoms with Gasteiger partial charge in [-0.2, -0.15) is 0 Å². The van der Waals surface area contributed by atoms with Crippen LogP contribution in [0.5, 0.6) is 0 Å². The summed E-state index contributed by atoms with van der Waals surface area (Å²) in [5.41, 5.74) is 21.7. The quantitative estimate of drug-likeness (QED) is 0.154. The summed E-state index contributed by atoms with van der Waals surface area (Å²) in [4.78, 5) is 0. The number of hydrogen-bond donors (Lipinski definition) is 0. The van der Waals surface area contributed by atoms with E-state index in [0.29, 0.717) is 0 Å². The van der Waals surface area contributed by atoms with Crippen molar-refractivity contribution in [1.82, 2.24) is 4.57 Å². The van der Waals surface area contributed by atoms with Crippen LogP contribution in [0.2, 0.25) is 0 Å². The SMILES string of the molecule is CCC1(CC)c2cc(/C=C/C3=CCCC4=C3c3ccccc3C4(c3ccccc3)c3ccccc3)ccc2-c2ccc(-n3c4c(c5ccccc53)CCC=C4)cc21. The normalized spacial score (nSPS) is 17.0. The second kappa shape index (κ2) is 13.2. The lowest BCUT2D eigenvalue weighted by molar-refractivity contribution is 0.490. The van der Waals surface area contributed by atoms with Crippen LogP contribution in [-0.4, -0.2) is 4.57 Å². The third-order valence-electron chi connectivity index (χ3n) is 14.0. The fourth-order valence-electron chi connectivity index (χ4n) is 11.4. The minimum Gasteiger partial charge on any atom is -0.310 e. The molecule has 0 bridgehead atoms. The van der Waals surface area contributed by atoms with Gasteiger partial charge in [0, 0.05) is 22.2 Å². The molecule has 0 unspecified atom stereocenters. The number of allylic oxidation sites excluding steroid dienone is 6. The van der Waals surface area contributed by atoms with E-state index >= 15 is 0 Å². The minimum absolute atomic E-state index is 0.0431. The van der Waals surface area contributed by atoms with Crippen LogP contribution >= 0.6 is 0 Å². The molecule has 0 saturated heterocycles. The Hall–Kier alpha value is -6.18. The van der Waals surface area contributed by atoms with Gasteiger partial charge in [-0.05, 0) is 135 Å². The van der Waals surface area contributed by atoms with Crippen LogP contribution in [0.3, 0.4) is 0 Å². The molecule has 4 aliphatic carbocycles. The zero-order valence-corrected chi connectivity index (χ0v) is 32.9. The van der Waals surface area contributed by atoms with Gasteiger partial charge in [-0.3, -0.25) is 0 Å². The Kier molecular flexibility index (Phi) is 7.90. The number of aromatic nitrogens is 1. The van der Waals surface area contributed by atoms with Crippen LogP contribution in [0, 0.1) is 0 Å². The molecule has 57 heavy (non-hydrogen) atoms. The van der Waals surface area contributed by atoms with Gasteiger partial charge in [0.15, 0.2) is 0 Å². The molecule has 0 amide bonds. The number of para-hydroxylation sites is 1. The zero-order chi connectivity index (χ0) is 38.1. The Bertz CT molecular complexity index is 2810. The maximum absolute atomic E-state index is 2.52. The van der Waals surface area contributed by atoms with Gasteiger partial charge in [-0.25, -0.2) is 0 Å². The highest BCUT2D eigenvalue weighted by Gasteiger charge is 2.48. The number of rotatable bonds is 7. The lowest BCUT2D eigenvalue weighted by Crippen LogP contribution is -2.30. The highest BCUT2D eigenvalue weighted by molar-refractivity contribution is 5.96. The topological polar surface area (TPSA) is 4.93 Å². The summed E-state index contributed by atoms with van der Waals surface area (Å²) in [5.74, 6) is 0. The molecule has 0 fully saturated rings. The van der Waals surface area contributed by atoms with E-state index in [1.165, 1.54) is 94.6 Å². The summed E-state index contributed by atoms with van der Waals surface area (Å²) in [5, 5.41) is 1.39. The van der Waals surface area contributed by atoms with E-state index in [-0.39, 0.29) is 10.8 Å². The molecule has 0 aliphatic heterocycles. The summed E-state index contributed by atoms with van der Waals surface area (Å²) in [6.45, 7) is 4.77. The van der Waals surface area contributed by atoms with Crippen molar-refractivity contribution in [3.8, 4) is 16.8 Å². The second-order valence-electron chi connectivity index (χ2n) is 16.4. The van der Waals surface area contributed by atoms with E-state index in [1.54, 1.807) is 0 Å². The number of aryl methyl sites for hydroxylation is 1. The Morgan fingerprint density at radius 1 is 0.596 bits per heavy atom. The van der Waals surface area contributed by atoms with Crippen LogP contribution in [-0.2, 0) is 17.3 Å². The van der Waals surface area contributed by atoms with E-state index in [0.717, 1.165) is 38.5 Å². The van der Waals surface area contributed by atoms with Gasteiger partial charge in [0.2, 0.25) is 0 Å². The lowest BCUT2D eigenvalue weighted by atomic mass is 9.65. The van der Waals surface area contributed by atoms with E-state index in [2.05, 4.69) is 194 Å². The Morgan fingerprint density at radius 3 is 2.05 bits per heavy atom. The van der Waals surface area contributed by atoms with Crippen molar-refractivity contribution >= 4 is 28.6 Å². The van der Waals surface area contributed by atoms with Crippen LogP contribution in [0.15, 0.2) is 175 Å². The van der Waals surface area contributed by atoms with E-state index in [1.807, 2.05) is 0 Å². The molecular weight excluding hydrogens is 687 g/mol. The highest BCUT2D eigenvalue weighted by atomic mass is 15.0. The van der Waals surface area contributed by atoms with Crippen LogP contribution in [0.1, 0.15) is 96.2 Å².